The molecular weight excluding hydrogens is 254 g/mol. The maximum absolute atomic E-state index is 11.2. The summed E-state index contributed by atoms with van der Waals surface area (Å²) in [5, 5.41) is 8.01. The second-order valence-electron chi connectivity index (χ2n) is 4.62. The number of nitrogens with zero attached hydrogens (tertiary/aromatic N) is 3. The van der Waals surface area contributed by atoms with Crippen LogP contribution in [0.25, 0.3) is 17.1 Å². The molecule has 5 nitrogen and oxygen atoms in total. The lowest BCUT2D eigenvalue weighted by Gasteiger charge is -2.09. The van der Waals surface area contributed by atoms with Gasteiger partial charge >= 0.3 is 0 Å². The zero-order chi connectivity index (χ0) is 14.1. The average Bonchev–Trinajstić information content (AvgIpc) is 3.08. The molecule has 20 heavy (non-hydrogen) atoms. The monoisotopic (exact) mass is 267 g/mol. The number of furan rings is 1. The van der Waals surface area contributed by atoms with E-state index < -0.39 is 0 Å². The van der Waals surface area contributed by atoms with Gasteiger partial charge in [0.1, 0.15) is 5.69 Å². The largest absolute Gasteiger partial charge is 0.463 e. The molecule has 0 aliphatic rings. The predicted octanol–water partition coefficient (Wildman–Crippen LogP) is 2.96. The summed E-state index contributed by atoms with van der Waals surface area (Å²) >= 11 is 0. The zero-order valence-electron chi connectivity index (χ0n) is 11.2. The van der Waals surface area contributed by atoms with E-state index in [-0.39, 0.29) is 5.69 Å². The Morgan fingerprint density at radius 2 is 2.10 bits per heavy atom. The van der Waals surface area contributed by atoms with Gasteiger partial charge in [-0.25, -0.2) is 4.68 Å². The molecule has 0 atom stereocenters. The average molecular weight is 267 g/mol. The van der Waals surface area contributed by atoms with Gasteiger partial charge in [-0.05, 0) is 43.2 Å². The SMILES string of the molecule is Cc1ccc(C)c(-n2nnc(C=O)c2-c2ccco2)c1. The van der Waals surface area contributed by atoms with Gasteiger partial charge in [0, 0.05) is 0 Å². The van der Waals surface area contributed by atoms with Gasteiger partial charge in [-0.3, -0.25) is 4.79 Å². The van der Waals surface area contributed by atoms with Crippen LogP contribution in [0, 0.1) is 13.8 Å². The third-order valence-corrected chi connectivity index (χ3v) is 3.16. The van der Waals surface area contributed by atoms with E-state index in [0.717, 1.165) is 16.8 Å². The van der Waals surface area contributed by atoms with Gasteiger partial charge in [0.2, 0.25) is 0 Å². The molecule has 0 bridgehead atoms. The zero-order valence-corrected chi connectivity index (χ0v) is 11.2. The third-order valence-electron chi connectivity index (χ3n) is 3.16. The molecule has 0 saturated carbocycles. The van der Waals surface area contributed by atoms with Crippen molar-refractivity contribution in [3.63, 3.8) is 0 Å². The van der Waals surface area contributed by atoms with Crippen LogP contribution in [0.3, 0.4) is 0 Å². The molecule has 0 amide bonds. The van der Waals surface area contributed by atoms with Crippen molar-refractivity contribution in [1.82, 2.24) is 15.0 Å². The van der Waals surface area contributed by atoms with E-state index in [0.29, 0.717) is 17.7 Å². The second kappa shape index (κ2) is 4.77. The van der Waals surface area contributed by atoms with Crippen LogP contribution in [-0.2, 0) is 0 Å². The molecule has 3 rings (SSSR count). The first-order chi connectivity index (χ1) is 9.70. The number of aromatic nitrogens is 3. The highest BCUT2D eigenvalue weighted by molar-refractivity contribution is 5.82. The molecule has 0 N–H and O–H groups in total. The second-order valence-corrected chi connectivity index (χ2v) is 4.62. The van der Waals surface area contributed by atoms with E-state index in [1.807, 2.05) is 32.0 Å². The van der Waals surface area contributed by atoms with Gasteiger partial charge in [-0.1, -0.05) is 17.3 Å². The Labute approximate surface area is 115 Å². The summed E-state index contributed by atoms with van der Waals surface area (Å²) in [5.74, 6) is 0.568. The van der Waals surface area contributed by atoms with Crippen molar-refractivity contribution < 1.29 is 9.21 Å². The molecule has 3 aromatic rings. The molecule has 0 aliphatic heterocycles. The maximum Gasteiger partial charge on any atom is 0.172 e. The highest BCUT2D eigenvalue weighted by Gasteiger charge is 2.19. The Bertz CT molecular complexity index is 758. The van der Waals surface area contributed by atoms with E-state index in [1.54, 1.807) is 23.1 Å². The number of carbonyl (C=O) groups excluding carboxylic acids is 1. The van der Waals surface area contributed by atoms with Crippen molar-refractivity contribution in [1.29, 1.82) is 0 Å². The van der Waals surface area contributed by atoms with Crippen LogP contribution in [0.5, 0.6) is 0 Å². The Morgan fingerprint density at radius 3 is 2.80 bits per heavy atom. The quantitative estimate of drug-likeness (QED) is 0.684. The Balaban J connectivity index is 2.27. The summed E-state index contributed by atoms with van der Waals surface area (Å²) in [5.41, 5.74) is 3.88. The maximum atomic E-state index is 11.2. The fraction of sp³-hybridized carbons (Fsp3) is 0.133. The minimum atomic E-state index is 0.265. The number of hydrogen-bond donors (Lipinski definition) is 0. The molecule has 2 heterocycles. The minimum Gasteiger partial charge on any atom is -0.463 e. The molecule has 100 valence electrons. The Kier molecular flexibility index (Phi) is 2.95. The predicted molar refractivity (Wildman–Crippen MR) is 73.9 cm³/mol. The molecule has 1 aromatic carbocycles. The standard InChI is InChI=1S/C15H13N3O2/c1-10-5-6-11(2)13(8-10)18-15(12(9-19)16-17-18)14-4-3-7-20-14/h3-9H,1-2H3. The Morgan fingerprint density at radius 1 is 1.25 bits per heavy atom. The van der Waals surface area contributed by atoms with E-state index in [9.17, 15) is 4.79 Å². The molecule has 5 heteroatoms. The van der Waals surface area contributed by atoms with Gasteiger partial charge in [-0.2, -0.15) is 0 Å². The fourth-order valence-corrected chi connectivity index (χ4v) is 2.13. The molecule has 0 spiro atoms. The fourth-order valence-electron chi connectivity index (χ4n) is 2.13. The molecular formula is C15H13N3O2. The van der Waals surface area contributed by atoms with Crippen molar-refractivity contribution in [2.45, 2.75) is 13.8 Å². The summed E-state index contributed by atoms with van der Waals surface area (Å²) in [7, 11) is 0. The van der Waals surface area contributed by atoms with Gasteiger partial charge in [0.25, 0.3) is 0 Å². The first-order valence-corrected chi connectivity index (χ1v) is 6.23. The summed E-state index contributed by atoms with van der Waals surface area (Å²) in [4.78, 5) is 11.2. The molecule has 0 radical (unpaired) electrons. The normalized spacial score (nSPS) is 10.7. The number of benzene rings is 1. The first-order valence-electron chi connectivity index (χ1n) is 6.23. The van der Waals surface area contributed by atoms with Gasteiger partial charge in [-0.15, -0.1) is 5.10 Å². The van der Waals surface area contributed by atoms with Crippen molar-refractivity contribution in [3.05, 3.63) is 53.4 Å². The van der Waals surface area contributed by atoms with Crippen LogP contribution in [-0.4, -0.2) is 21.3 Å². The number of carbonyl (C=O) groups is 1. The number of aldehydes is 1. The molecule has 0 saturated heterocycles. The van der Waals surface area contributed by atoms with Crippen molar-refractivity contribution in [3.8, 4) is 17.1 Å². The third kappa shape index (κ3) is 1.93. The lowest BCUT2D eigenvalue weighted by molar-refractivity contribution is 0.111. The summed E-state index contributed by atoms with van der Waals surface area (Å²) in [6.45, 7) is 4.00. The molecule has 2 aromatic heterocycles. The van der Waals surface area contributed by atoms with Crippen LogP contribution in [0.2, 0.25) is 0 Å². The van der Waals surface area contributed by atoms with E-state index in [2.05, 4.69) is 10.3 Å². The van der Waals surface area contributed by atoms with Gasteiger partial charge < -0.3 is 4.42 Å². The van der Waals surface area contributed by atoms with Crippen molar-refractivity contribution in [2.24, 2.45) is 0 Å². The molecule has 0 fully saturated rings. The lowest BCUT2D eigenvalue weighted by Crippen LogP contribution is -2.02. The minimum absolute atomic E-state index is 0.265. The lowest BCUT2D eigenvalue weighted by atomic mass is 10.1. The number of hydrogen-bond acceptors (Lipinski definition) is 4. The number of rotatable bonds is 3. The highest BCUT2D eigenvalue weighted by atomic mass is 16.3. The van der Waals surface area contributed by atoms with Crippen LogP contribution in [0.15, 0.2) is 41.0 Å². The molecule has 0 aliphatic carbocycles. The molecule has 0 unspecified atom stereocenters. The van der Waals surface area contributed by atoms with Gasteiger partial charge in [0.05, 0.1) is 12.0 Å². The van der Waals surface area contributed by atoms with E-state index >= 15 is 0 Å². The van der Waals surface area contributed by atoms with Crippen LogP contribution >= 0.6 is 0 Å². The topological polar surface area (TPSA) is 60.9 Å². The van der Waals surface area contributed by atoms with Crippen molar-refractivity contribution in [2.75, 3.05) is 0 Å². The van der Waals surface area contributed by atoms with Crippen LogP contribution in [0.4, 0.5) is 0 Å². The summed E-state index contributed by atoms with van der Waals surface area (Å²) < 4.78 is 7.04. The van der Waals surface area contributed by atoms with Crippen LogP contribution < -0.4 is 0 Å². The number of aryl methyl sites for hydroxylation is 2. The smallest absolute Gasteiger partial charge is 0.172 e. The first kappa shape index (κ1) is 12.3. The summed E-state index contributed by atoms with van der Waals surface area (Å²) in [6.07, 6.45) is 2.25. The van der Waals surface area contributed by atoms with E-state index in [1.165, 1.54) is 0 Å². The Hall–Kier alpha value is -2.69. The van der Waals surface area contributed by atoms with E-state index in [4.69, 9.17) is 4.42 Å². The van der Waals surface area contributed by atoms with Gasteiger partial charge in [0.15, 0.2) is 17.7 Å². The van der Waals surface area contributed by atoms with Crippen molar-refractivity contribution >= 4 is 6.29 Å². The summed E-state index contributed by atoms with van der Waals surface area (Å²) in [6, 6.07) is 9.60. The highest BCUT2D eigenvalue weighted by Crippen LogP contribution is 2.26. The van der Waals surface area contributed by atoms with Crippen LogP contribution in [0.1, 0.15) is 21.6 Å².